The summed E-state index contributed by atoms with van der Waals surface area (Å²) in [6, 6.07) is 0.994. The molecule has 0 bridgehead atoms. The van der Waals surface area contributed by atoms with E-state index in [1.54, 1.807) is 16.9 Å². The van der Waals surface area contributed by atoms with Crippen LogP contribution in [0.2, 0.25) is 0 Å². The van der Waals surface area contributed by atoms with Crippen LogP contribution in [0.3, 0.4) is 0 Å². The summed E-state index contributed by atoms with van der Waals surface area (Å²) >= 11 is 0. The standard InChI is InChI=1S/C25H30F5N7O/c1-13-17(10-33-36(13)11-18(26)23(27)28)24(38)35-22(15-4-6-25(29,30)7-5-15)19-12-37-20(34-19)8-16(9-32-37)21(31)14-2-3-14/h8-10,12,14-15,18,21-23H,2-7,11,31H2,1H3,(H,35,38)/t18?,21?,22-/m0/s1. The molecule has 206 valence electrons. The molecule has 0 spiro atoms. The zero-order valence-electron chi connectivity index (χ0n) is 20.8. The van der Waals surface area contributed by atoms with Crippen LogP contribution in [-0.4, -0.2) is 48.8 Å². The minimum Gasteiger partial charge on any atom is -0.343 e. The molecular formula is C25H30F5N7O. The van der Waals surface area contributed by atoms with E-state index >= 15 is 0 Å². The maximum Gasteiger partial charge on any atom is 0.271 e. The number of rotatable bonds is 9. The maximum absolute atomic E-state index is 13.9. The van der Waals surface area contributed by atoms with E-state index in [1.165, 1.54) is 13.1 Å². The molecule has 38 heavy (non-hydrogen) atoms. The van der Waals surface area contributed by atoms with E-state index in [4.69, 9.17) is 5.73 Å². The van der Waals surface area contributed by atoms with Crippen LogP contribution >= 0.6 is 0 Å². The maximum atomic E-state index is 13.9. The highest BCUT2D eigenvalue weighted by Gasteiger charge is 2.40. The number of carbonyl (C=O) groups is 1. The molecule has 3 N–H and O–H groups in total. The van der Waals surface area contributed by atoms with Crippen molar-refractivity contribution >= 4 is 11.6 Å². The Morgan fingerprint density at radius 2 is 1.84 bits per heavy atom. The lowest BCUT2D eigenvalue weighted by molar-refractivity contribution is -0.0495. The average Bonchev–Trinajstić information content (AvgIpc) is 3.54. The molecule has 3 atom stereocenters. The van der Waals surface area contributed by atoms with Crippen molar-refractivity contribution in [3.05, 3.63) is 47.2 Å². The molecule has 13 heteroatoms. The molecule has 0 aromatic carbocycles. The van der Waals surface area contributed by atoms with Gasteiger partial charge in [0.2, 0.25) is 5.92 Å². The molecule has 2 unspecified atom stereocenters. The minimum atomic E-state index is -3.17. The number of fused-ring (bicyclic) bond motifs is 1. The van der Waals surface area contributed by atoms with Crippen molar-refractivity contribution in [3.63, 3.8) is 0 Å². The fourth-order valence-corrected chi connectivity index (χ4v) is 5.12. The van der Waals surface area contributed by atoms with Crippen molar-refractivity contribution in [1.29, 1.82) is 0 Å². The summed E-state index contributed by atoms with van der Waals surface area (Å²) in [6.07, 6.45) is 0.797. The normalized spacial score (nSPS) is 20.5. The number of nitrogens with zero attached hydrogens (tertiary/aromatic N) is 5. The first kappa shape index (κ1) is 26.5. The quantitative estimate of drug-likeness (QED) is 0.389. The Balaban J connectivity index is 1.41. The first-order valence-corrected chi connectivity index (χ1v) is 12.8. The van der Waals surface area contributed by atoms with Gasteiger partial charge in [0.05, 0.1) is 42.4 Å². The van der Waals surface area contributed by atoms with Crippen LogP contribution in [0.15, 0.2) is 24.7 Å². The summed E-state index contributed by atoms with van der Waals surface area (Å²) in [4.78, 5) is 17.9. The van der Waals surface area contributed by atoms with Gasteiger partial charge in [-0.2, -0.15) is 10.2 Å². The fourth-order valence-electron chi connectivity index (χ4n) is 5.12. The Kier molecular flexibility index (Phi) is 7.14. The molecule has 2 aliphatic rings. The van der Waals surface area contributed by atoms with Gasteiger partial charge in [0.1, 0.15) is 0 Å². The number of imidazole rings is 1. The molecule has 3 aromatic heterocycles. The number of halogens is 5. The van der Waals surface area contributed by atoms with Gasteiger partial charge >= 0.3 is 0 Å². The van der Waals surface area contributed by atoms with Gasteiger partial charge in [-0.05, 0) is 56.1 Å². The SMILES string of the molecule is Cc1c(C(=O)N[C@H](c2cn3ncc(C(N)C4CC4)cc3n2)C2CCC(F)(F)CC2)cnn1CC(F)C(F)F. The molecule has 2 saturated carbocycles. The highest BCUT2D eigenvalue weighted by molar-refractivity contribution is 5.95. The largest absolute Gasteiger partial charge is 0.343 e. The third kappa shape index (κ3) is 5.52. The number of amides is 1. The summed E-state index contributed by atoms with van der Waals surface area (Å²) in [6.45, 7) is 0.789. The number of hydrogen-bond acceptors (Lipinski definition) is 5. The first-order chi connectivity index (χ1) is 18.0. The molecule has 0 saturated heterocycles. The van der Waals surface area contributed by atoms with E-state index < -0.39 is 37.0 Å². The van der Waals surface area contributed by atoms with Crippen molar-refractivity contribution in [2.75, 3.05) is 0 Å². The summed E-state index contributed by atoms with van der Waals surface area (Å²) in [5.74, 6) is -3.24. The zero-order valence-corrected chi connectivity index (χ0v) is 20.8. The number of aromatic nitrogens is 5. The van der Waals surface area contributed by atoms with Crippen LogP contribution in [0.25, 0.3) is 5.65 Å². The highest BCUT2D eigenvalue weighted by atomic mass is 19.3. The lowest BCUT2D eigenvalue weighted by Crippen LogP contribution is -2.37. The van der Waals surface area contributed by atoms with Gasteiger partial charge in [-0.1, -0.05) is 0 Å². The van der Waals surface area contributed by atoms with E-state index in [0.29, 0.717) is 17.3 Å². The highest BCUT2D eigenvalue weighted by Crippen LogP contribution is 2.42. The lowest BCUT2D eigenvalue weighted by atomic mass is 9.81. The predicted octanol–water partition coefficient (Wildman–Crippen LogP) is 4.54. The van der Waals surface area contributed by atoms with Gasteiger partial charge in [0.15, 0.2) is 11.8 Å². The monoisotopic (exact) mass is 539 g/mol. The van der Waals surface area contributed by atoms with Crippen molar-refractivity contribution in [2.24, 2.45) is 17.6 Å². The lowest BCUT2D eigenvalue weighted by Gasteiger charge is -2.33. The van der Waals surface area contributed by atoms with Crippen LogP contribution < -0.4 is 11.1 Å². The van der Waals surface area contributed by atoms with E-state index in [1.807, 2.05) is 6.07 Å². The third-order valence-electron chi connectivity index (χ3n) is 7.68. The zero-order chi connectivity index (χ0) is 27.2. The number of alkyl halides is 5. The predicted molar refractivity (Wildman–Crippen MR) is 128 cm³/mol. The molecule has 8 nitrogen and oxygen atoms in total. The van der Waals surface area contributed by atoms with Crippen LogP contribution in [0, 0.1) is 18.8 Å². The fraction of sp³-hybridized carbons (Fsp3) is 0.600. The smallest absolute Gasteiger partial charge is 0.271 e. The van der Waals surface area contributed by atoms with Crippen molar-refractivity contribution < 1.29 is 26.7 Å². The van der Waals surface area contributed by atoms with E-state index in [2.05, 4.69) is 20.5 Å². The molecule has 3 aromatic rings. The minimum absolute atomic E-state index is 0.0807. The Morgan fingerprint density at radius 1 is 1.13 bits per heavy atom. The summed E-state index contributed by atoms with van der Waals surface area (Å²) in [5.41, 5.74) is 8.46. The van der Waals surface area contributed by atoms with Crippen molar-refractivity contribution in [2.45, 2.75) is 82.6 Å². The topological polar surface area (TPSA) is 103 Å². The second kappa shape index (κ2) is 10.2. The van der Waals surface area contributed by atoms with Gasteiger partial charge in [0.25, 0.3) is 12.3 Å². The molecule has 5 rings (SSSR count). The van der Waals surface area contributed by atoms with Gasteiger partial charge in [0, 0.05) is 24.6 Å². The van der Waals surface area contributed by atoms with Gasteiger partial charge in [-0.15, -0.1) is 0 Å². The van der Waals surface area contributed by atoms with Gasteiger partial charge < -0.3 is 11.1 Å². The Bertz CT molecular complexity index is 1290. The Labute approximate surface area is 215 Å². The second-order valence-electron chi connectivity index (χ2n) is 10.4. The summed E-state index contributed by atoms with van der Waals surface area (Å²) < 4.78 is 69.3. The van der Waals surface area contributed by atoms with E-state index in [9.17, 15) is 26.7 Å². The van der Waals surface area contributed by atoms with Crippen LogP contribution in [0.4, 0.5) is 22.0 Å². The molecule has 2 aliphatic carbocycles. The van der Waals surface area contributed by atoms with Crippen molar-refractivity contribution in [3.8, 4) is 0 Å². The van der Waals surface area contributed by atoms with Crippen LogP contribution in [0.5, 0.6) is 0 Å². The van der Waals surface area contributed by atoms with Crippen molar-refractivity contribution in [1.82, 2.24) is 29.7 Å². The third-order valence-corrected chi connectivity index (χ3v) is 7.68. The molecule has 3 heterocycles. The molecule has 0 radical (unpaired) electrons. The molecule has 2 fully saturated rings. The molecule has 0 aliphatic heterocycles. The van der Waals surface area contributed by atoms with E-state index in [-0.39, 0.29) is 48.9 Å². The first-order valence-electron chi connectivity index (χ1n) is 12.8. The van der Waals surface area contributed by atoms with Crippen LogP contribution in [0.1, 0.15) is 77.9 Å². The number of nitrogens with two attached hydrogens (primary N) is 1. The van der Waals surface area contributed by atoms with Gasteiger partial charge in [-0.3, -0.25) is 9.48 Å². The summed E-state index contributed by atoms with van der Waals surface area (Å²) in [5, 5.41) is 11.2. The van der Waals surface area contributed by atoms with E-state index in [0.717, 1.165) is 23.1 Å². The number of carbonyl (C=O) groups excluding carboxylic acids is 1. The Hall–Kier alpha value is -3.09. The average molecular weight is 540 g/mol. The summed E-state index contributed by atoms with van der Waals surface area (Å²) in [7, 11) is 0. The molecular weight excluding hydrogens is 509 g/mol. The molecule has 1 amide bonds. The number of nitrogens with one attached hydrogen (secondary N) is 1. The Morgan fingerprint density at radius 3 is 2.50 bits per heavy atom. The second-order valence-corrected chi connectivity index (χ2v) is 10.4. The van der Waals surface area contributed by atoms with Gasteiger partial charge in [-0.25, -0.2) is 31.5 Å². The number of hydrogen-bond donors (Lipinski definition) is 2. The van der Waals surface area contributed by atoms with Crippen LogP contribution in [-0.2, 0) is 6.54 Å².